The van der Waals surface area contributed by atoms with Crippen molar-refractivity contribution in [3.63, 3.8) is 0 Å². The molecule has 0 spiro atoms. The Morgan fingerprint density at radius 2 is 1.90 bits per heavy atom. The van der Waals surface area contributed by atoms with Crippen molar-refractivity contribution in [1.29, 1.82) is 5.26 Å². The fourth-order valence-corrected chi connectivity index (χ4v) is 2.68. The van der Waals surface area contributed by atoms with Crippen LogP contribution in [0.4, 0.5) is 10.5 Å². The lowest BCUT2D eigenvalue weighted by atomic mass is 9.96. The minimum absolute atomic E-state index is 0.0561. The predicted molar refractivity (Wildman–Crippen MR) is 109 cm³/mol. The fourth-order valence-electron chi connectivity index (χ4n) is 2.68. The van der Waals surface area contributed by atoms with Crippen molar-refractivity contribution in [2.24, 2.45) is 5.92 Å². The van der Waals surface area contributed by atoms with Crippen LogP contribution in [-0.2, 0) is 9.53 Å². The zero-order valence-corrected chi connectivity index (χ0v) is 16.3. The second kappa shape index (κ2) is 11.2. The number of rotatable bonds is 9. The first-order valence-corrected chi connectivity index (χ1v) is 9.16. The minimum Gasteiger partial charge on any atom is -0.491 e. The summed E-state index contributed by atoms with van der Waals surface area (Å²) in [5.41, 5.74) is 1.42. The molecule has 0 radical (unpaired) electrons. The molecule has 2 aromatic rings. The van der Waals surface area contributed by atoms with E-state index < -0.39 is 24.1 Å². The first-order valence-electron chi connectivity index (χ1n) is 9.16. The second-order valence-electron chi connectivity index (χ2n) is 6.31. The van der Waals surface area contributed by atoms with Crippen molar-refractivity contribution >= 4 is 17.7 Å². The van der Waals surface area contributed by atoms with Crippen LogP contribution in [0.5, 0.6) is 5.75 Å². The number of carboxylic acids is 1. The molecule has 3 N–H and O–H groups in total. The number of hydrogen-bond acceptors (Lipinski definition) is 6. The van der Waals surface area contributed by atoms with Crippen LogP contribution in [0.15, 0.2) is 60.7 Å². The van der Waals surface area contributed by atoms with E-state index >= 15 is 0 Å². The molecular formula is C22H22N2O6. The molecule has 8 heteroatoms. The molecule has 0 fully saturated rings. The fraction of sp³-hybridized carbons (Fsp3) is 0.227. The number of aliphatic hydroxyl groups is 1. The van der Waals surface area contributed by atoms with Crippen LogP contribution in [0.2, 0.25) is 0 Å². The molecule has 2 rings (SSSR count). The summed E-state index contributed by atoms with van der Waals surface area (Å²) in [6, 6.07) is 15.1. The van der Waals surface area contributed by atoms with Gasteiger partial charge in [-0.05, 0) is 30.3 Å². The maximum absolute atomic E-state index is 12.5. The molecule has 156 valence electrons. The van der Waals surface area contributed by atoms with Crippen molar-refractivity contribution in [2.75, 3.05) is 18.5 Å². The molecular weight excluding hydrogens is 388 g/mol. The van der Waals surface area contributed by atoms with Gasteiger partial charge in [0.25, 0.3) is 0 Å². The van der Waals surface area contributed by atoms with Gasteiger partial charge in [-0.3, -0.25) is 5.32 Å². The zero-order valence-electron chi connectivity index (χ0n) is 16.3. The number of aliphatic carboxylic acids is 1. The number of nitrogens with one attached hydrogen (secondary N) is 1. The Morgan fingerprint density at radius 1 is 1.20 bits per heavy atom. The van der Waals surface area contributed by atoms with Gasteiger partial charge in [-0.15, -0.1) is 0 Å². The maximum Gasteiger partial charge on any atom is 0.412 e. The summed E-state index contributed by atoms with van der Waals surface area (Å²) in [4.78, 5) is 23.4. The van der Waals surface area contributed by atoms with Crippen LogP contribution in [0, 0.1) is 17.2 Å². The van der Waals surface area contributed by atoms with Gasteiger partial charge in [0.15, 0.2) is 0 Å². The number of nitriles is 1. The number of carboxylic acid groups (broad SMARTS) is 1. The predicted octanol–water partition coefficient (Wildman–Crippen LogP) is 3.50. The third-order valence-electron chi connectivity index (χ3n) is 4.09. The Hall–Kier alpha value is -3.83. The molecule has 30 heavy (non-hydrogen) atoms. The lowest BCUT2D eigenvalue weighted by molar-refractivity contribution is -0.131. The molecule has 0 aliphatic carbocycles. The monoisotopic (exact) mass is 410 g/mol. The van der Waals surface area contributed by atoms with Gasteiger partial charge in [0, 0.05) is 23.2 Å². The molecule has 0 bridgehead atoms. The maximum atomic E-state index is 12.5. The van der Waals surface area contributed by atoms with E-state index in [1.165, 1.54) is 6.08 Å². The number of hydrogen-bond donors (Lipinski definition) is 3. The Morgan fingerprint density at radius 3 is 2.53 bits per heavy atom. The second-order valence-corrected chi connectivity index (χ2v) is 6.31. The van der Waals surface area contributed by atoms with E-state index in [2.05, 4.69) is 5.32 Å². The molecule has 0 heterocycles. The van der Waals surface area contributed by atoms with Gasteiger partial charge < -0.3 is 19.7 Å². The number of carbonyl (C=O) groups excluding carboxylic acids is 1. The summed E-state index contributed by atoms with van der Waals surface area (Å²) in [5.74, 6) is -1.20. The highest BCUT2D eigenvalue weighted by Gasteiger charge is 2.25. The number of nitrogens with zero attached hydrogens (tertiary/aromatic N) is 1. The van der Waals surface area contributed by atoms with Crippen molar-refractivity contribution in [2.45, 2.75) is 13.0 Å². The van der Waals surface area contributed by atoms with Gasteiger partial charge in [0.05, 0.1) is 18.2 Å². The van der Waals surface area contributed by atoms with Crippen LogP contribution in [-0.4, -0.2) is 35.5 Å². The van der Waals surface area contributed by atoms with Gasteiger partial charge in [0.2, 0.25) is 0 Å². The molecule has 2 atom stereocenters. The highest BCUT2D eigenvalue weighted by atomic mass is 16.6. The van der Waals surface area contributed by atoms with Crippen LogP contribution >= 0.6 is 0 Å². The number of amides is 1. The standard InChI is InChI=1S/C22H22N2O6/c1-15(6-11-20(26)27)21(18-4-2-3-5-19(18)29-13-12-25)30-22(28)24-17-9-7-16(14-23)8-10-17/h2-11,15,21,25H,12-13H2,1H3,(H,24,28)(H,26,27)/b11-6+/t15-,21+/m1/s1. The number of para-hydroxylation sites is 1. The highest BCUT2D eigenvalue weighted by Crippen LogP contribution is 2.34. The first-order chi connectivity index (χ1) is 14.4. The number of benzene rings is 2. The molecule has 0 saturated heterocycles. The Labute approximate surface area is 174 Å². The van der Waals surface area contributed by atoms with Crippen LogP contribution in [0.3, 0.4) is 0 Å². The summed E-state index contributed by atoms with van der Waals surface area (Å²) in [7, 11) is 0. The van der Waals surface area contributed by atoms with Gasteiger partial charge in [-0.25, -0.2) is 9.59 Å². The average Bonchev–Trinajstić information content (AvgIpc) is 2.75. The Balaban J connectivity index is 2.26. The summed E-state index contributed by atoms with van der Waals surface area (Å²) < 4.78 is 11.1. The Kier molecular flexibility index (Phi) is 8.41. The lowest BCUT2D eigenvalue weighted by Gasteiger charge is -2.24. The average molecular weight is 410 g/mol. The Bertz CT molecular complexity index is 933. The summed E-state index contributed by atoms with van der Waals surface area (Å²) in [6.07, 6.45) is 0.799. The van der Waals surface area contributed by atoms with Gasteiger partial charge in [-0.1, -0.05) is 31.2 Å². The summed E-state index contributed by atoms with van der Waals surface area (Å²) >= 11 is 0. The summed E-state index contributed by atoms with van der Waals surface area (Å²) in [5, 5.41) is 29.4. The van der Waals surface area contributed by atoms with Crippen molar-refractivity contribution in [1.82, 2.24) is 0 Å². The number of anilines is 1. The molecule has 8 nitrogen and oxygen atoms in total. The number of carbonyl (C=O) groups is 2. The van der Waals surface area contributed by atoms with E-state index in [0.29, 0.717) is 22.6 Å². The van der Waals surface area contributed by atoms with Gasteiger partial charge >= 0.3 is 12.1 Å². The molecule has 0 aliphatic rings. The number of aliphatic hydroxyl groups excluding tert-OH is 1. The van der Waals surface area contributed by atoms with Crippen LogP contribution in [0.1, 0.15) is 24.2 Å². The van der Waals surface area contributed by atoms with Crippen molar-refractivity contribution in [3.05, 3.63) is 71.8 Å². The normalized spacial score (nSPS) is 12.6. The van der Waals surface area contributed by atoms with E-state index in [1.807, 2.05) is 6.07 Å². The third-order valence-corrected chi connectivity index (χ3v) is 4.09. The third kappa shape index (κ3) is 6.65. The first kappa shape index (κ1) is 22.5. The van der Waals surface area contributed by atoms with Crippen molar-refractivity contribution in [3.8, 4) is 11.8 Å². The van der Waals surface area contributed by atoms with Crippen LogP contribution in [0.25, 0.3) is 0 Å². The topological polar surface area (TPSA) is 129 Å². The molecule has 0 aliphatic heterocycles. The van der Waals surface area contributed by atoms with E-state index in [-0.39, 0.29) is 13.2 Å². The van der Waals surface area contributed by atoms with Gasteiger partial charge in [-0.2, -0.15) is 5.26 Å². The smallest absolute Gasteiger partial charge is 0.412 e. The van der Waals surface area contributed by atoms with E-state index in [1.54, 1.807) is 55.5 Å². The van der Waals surface area contributed by atoms with Crippen molar-refractivity contribution < 1.29 is 29.3 Å². The molecule has 2 aromatic carbocycles. The zero-order chi connectivity index (χ0) is 21.9. The number of ether oxygens (including phenoxy) is 2. The molecule has 0 saturated carbocycles. The SMILES string of the molecule is C[C@H](/C=C/C(=O)O)[C@H](OC(=O)Nc1ccc(C#N)cc1)c1ccccc1OCCO. The quantitative estimate of drug-likeness (QED) is 0.540. The molecule has 0 aromatic heterocycles. The highest BCUT2D eigenvalue weighted by molar-refractivity contribution is 5.85. The van der Waals surface area contributed by atoms with E-state index in [9.17, 15) is 9.59 Å². The molecule has 0 unspecified atom stereocenters. The summed E-state index contributed by atoms with van der Waals surface area (Å²) in [6.45, 7) is 1.58. The van der Waals surface area contributed by atoms with E-state index in [4.69, 9.17) is 24.9 Å². The van der Waals surface area contributed by atoms with Gasteiger partial charge in [0.1, 0.15) is 18.5 Å². The largest absolute Gasteiger partial charge is 0.491 e. The minimum atomic E-state index is -1.12. The lowest BCUT2D eigenvalue weighted by Crippen LogP contribution is -2.22. The van der Waals surface area contributed by atoms with Crippen LogP contribution < -0.4 is 10.1 Å². The van der Waals surface area contributed by atoms with E-state index in [0.717, 1.165) is 6.08 Å². The molecule has 1 amide bonds.